The molecule has 1 aromatic rings. The van der Waals surface area contributed by atoms with Crippen molar-refractivity contribution in [2.75, 3.05) is 32.6 Å². The van der Waals surface area contributed by atoms with Crippen molar-refractivity contribution >= 4 is 9.84 Å². The highest BCUT2D eigenvalue weighted by Gasteiger charge is 2.17. The second-order valence-electron chi connectivity index (χ2n) is 4.88. The highest BCUT2D eigenvalue weighted by atomic mass is 32.2. The molecule has 1 atom stereocenters. The number of ether oxygens (including phenoxy) is 1. The molecule has 1 aliphatic rings. The first-order valence-electron chi connectivity index (χ1n) is 6.34. The molecule has 0 amide bonds. The van der Waals surface area contributed by atoms with Crippen molar-refractivity contribution in [1.29, 1.82) is 0 Å². The lowest BCUT2D eigenvalue weighted by Gasteiger charge is -2.33. The summed E-state index contributed by atoms with van der Waals surface area (Å²) in [6.07, 6.45) is 1.20. The Bertz CT molecular complexity index is 513. The molecule has 1 unspecified atom stereocenters. The van der Waals surface area contributed by atoms with Gasteiger partial charge in [0.15, 0.2) is 9.84 Å². The van der Waals surface area contributed by atoms with Crippen LogP contribution in [0, 0.1) is 0 Å². The molecule has 2 rings (SSSR count). The van der Waals surface area contributed by atoms with Gasteiger partial charge in [-0.05, 0) is 31.2 Å². The van der Waals surface area contributed by atoms with E-state index in [-0.39, 0.29) is 0 Å². The van der Waals surface area contributed by atoms with E-state index in [1.807, 2.05) is 0 Å². The van der Waals surface area contributed by atoms with E-state index in [4.69, 9.17) is 4.74 Å². The lowest BCUT2D eigenvalue weighted by atomic mass is 10.2. The highest BCUT2D eigenvalue weighted by Crippen LogP contribution is 2.16. The molecule has 0 aromatic heterocycles. The number of piperazine rings is 1. The van der Waals surface area contributed by atoms with Crippen LogP contribution in [-0.4, -0.2) is 52.0 Å². The molecule has 19 heavy (non-hydrogen) atoms. The van der Waals surface area contributed by atoms with E-state index >= 15 is 0 Å². The molecule has 0 aliphatic carbocycles. The number of hydrogen-bond acceptors (Lipinski definition) is 5. The van der Waals surface area contributed by atoms with Gasteiger partial charge in [0, 0.05) is 31.9 Å². The summed E-state index contributed by atoms with van der Waals surface area (Å²) in [5.74, 6) is 0.693. The van der Waals surface area contributed by atoms with Crippen LogP contribution in [0.25, 0.3) is 0 Å². The van der Waals surface area contributed by atoms with Crippen LogP contribution in [0.15, 0.2) is 29.2 Å². The Hall–Kier alpha value is -1.11. The number of nitrogens with zero attached hydrogens (tertiary/aromatic N) is 1. The third kappa shape index (κ3) is 3.92. The molecule has 1 fully saturated rings. The smallest absolute Gasteiger partial charge is 0.175 e. The van der Waals surface area contributed by atoms with Gasteiger partial charge >= 0.3 is 0 Å². The van der Waals surface area contributed by atoms with Crippen LogP contribution < -0.4 is 10.1 Å². The van der Waals surface area contributed by atoms with Gasteiger partial charge in [-0.1, -0.05) is 0 Å². The van der Waals surface area contributed by atoms with Gasteiger partial charge < -0.3 is 10.1 Å². The Morgan fingerprint density at radius 2 is 2.05 bits per heavy atom. The number of sulfone groups is 1. The van der Waals surface area contributed by atoms with Gasteiger partial charge in [-0.2, -0.15) is 0 Å². The zero-order valence-corrected chi connectivity index (χ0v) is 12.1. The summed E-state index contributed by atoms with van der Waals surface area (Å²) in [6, 6.07) is 6.99. The molecule has 1 heterocycles. The number of rotatable bonds is 4. The standard InChI is InChI=1S/C13H20N2O3S/c1-11-9-14-7-8-15(11)10-18-12-3-5-13(6-4-12)19(2,16)17/h3-6,11,14H,7-10H2,1-2H3. The minimum atomic E-state index is -3.14. The van der Waals surface area contributed by atoms with E-state index in [1.54, 1.807) is 24.3 Å². The summed E-state index contributed by atoms with van der Waals surface area (Å²) in [4.78, 5) is 2.57. The molecule has 0 spiro atoms. The van der Waals surface area contributed by atoms with Gasteiger partial charge in [0.25, 0.3) is 0 Å². The molecule has 106 valence electrons. The Morgan fingerprint density at radius 3 is 2.63 bits per heavy atom. The number of hydrogen-bond donors (Lipinski definition) is 1. The predicted molar refractivity (Wildman–Crippen MR) is 74.1 cm³/mol. The molecule has 1 aromatic carbocycles. The third-order valence-electron chi connectivity index (χ3n) is 3.29. The van der Waals surface area contributed by atoms with Crippen molar-refractivity contribution in [1.82, 2.24) is 10.2 Å². The first-order chi connectivity index (χ1) is 8.97. The Kier molecular flexibility index (Phi) is 4.44. The zero-order chi connectivity index (χ0) is 13.9. The van der Waals surface area contributed by atoms with Gasteiger partial charge in [-0.3, -0.25) is 4.90 Å². The van der Waals surface area contributed by atoms with E-state index < -0.39 is 9.84 Å². The maximum absolute atomic E-state index is 11.3. The second kappa shape index (κ2) is 5.90. The van der Waals surface area contributed by atoms with E-state index in [9.17, 15) is 8.42 Å². The Balaban J connectivity index is 1.93. The summed E-state index contributed by atoms with van der Waals surface area (Å²) in [5, 5.41) is 3.32. The van der Waals surface area contributed by atoms with E-state index in [0.29, 0.717) is 23.4 Å². The minimum Gasteiger partial charge on any atom is -0.478 e. The molecule has 5 nitrogen and oxygen atoms in total. The molecule has 1 N–H and O–H groups in total. The van der Waals surface area contributed by atoms with Gasteiger partial charge in [-0.25, -0.2) is 8.42 Å². The summed E-state index contributed by atoms with van der Waals surface area (Å²) >= 11 is 0. The Morgan fingerprint density at radius 1 is 1.37 bits per heavy atom. The first kappa shape index (κ1) is 14.3. The molecule has 0 saturated carbocycles. The quantitative estimate of drug-likeness (QED) is 0.883. The normalized spacial score (nSPS) is 21.3. The molecule has 1 aliphatic heterocycles. The van der Waals surface area contributed by atoms with Gasteiger partial charge in [0.1, 0.15) is 12.5 Å². The molecule has 6 heteroatoms. The lowest BCUT2D eigenvalue weighted by molar-refractivity contribution is 0.0740. The summed E-state index contributed by atoms with van der Waals surface area (Å²) < 4.78 is 28.4. The van der Waals surface area contributed by atoms with Crippen LogP contribution in [-0.2, 0) is 9.84 Å². The molecule has 0 radical (unpaired) electrons. The monoisotopic (exact) mass is 284 g/mol. The fourth-order valence-electron chi connectivity index (χ4n) is 2.02. The molecular weight excluding hydrogens is 264 g/mol. The van der Waals surface area contributed by atoms with Gasteiger partial charge in [0.2, 0.25) is 0 Å². The fraction of sp³-hybridized carbons (Fsp3) is 0.538. The predicted octanol–water partition coefficient (Wildman–Crippen LogP) is 0.720. The second-order valence-corrected chi connectivity index (χ2v) is 6.90. The van der Waals surface area contributed by atoms with Crippen LogP contribution >= 0.6 is 0 Å². The average molecular weight is 284 g/mol. The van der Waals surface area contributed by atoms with E-state index in [1.165, 1.54) is 6.26 Å². The van der Waals surface area contributed by atoms with E-state index in [2.05, 4.69) is 17.1 Å². The molecular formula is C13H20N2O3S. The van der Waals surface area contributed by atoms with Crippen molar-refractivity contribution in [3.05, 3.63) is 24.3 Å². The maximum atomic E-state index is 11.3. The largest absolute Gasteiger partial charge is 0.478 e. The highest BCUT2D eigenvalue weighted by molar-refractivity contribution is 7.90. The topological polar surface area (TPSA) is 58.6 Å². The molecule has 1 saturated heterocycles. The number of benzene rings is 1. The van der Waals surface area contributed by atoms with Crippen LogP contribution in [0.4, 0.5) is 0 Å². The van der Waals surface area contributed by atoms with Crippen LogP contribution in [0.2, 0.25) is 0 Å². The van der Waals surface area contributed by atoms with Crippen LogP contribution in [0.5, 0.6) is 5.75 Å². The van der Waals surface area contributed by atoms with Crippen molar-refractivity contribution in [2.45, 2.75) is 17.9 Å². The van der Waals surface area contributed by atoms with Gasteiger partial charge in [-0.15, -0.1) is 0 Å². The minimum absolute atomic E-state index is 0.315. The fourth-order valence-corrected chi connectivity index (χ4v) is 2.65. The first-order valence-corrected chi connectivity index (χ1v) is 8.23. The molecule has 0 bridgehead atoms. The summed E-state index contributed by atoms with van der Waals surface area (Å²) in [6.45, 7) is 5.59. The van der Waals surface area contributed by atoms with Gasteiger partial charge in [0.05, 0.1) is 4.90 Å². The maximum Gasteiger partial charge on any atom is 0.175 e. The SMILES string of the molecule is CC1CNCCN1COc1ccc(S(C)(=O)=O)cc1. The van der Waals surface area contributed by atoms with Crippen molar-refractivity contribution in [3.8, 4) is 5.75 Å². The summed E-state index contributed by atoms with van der Waals surface area (Å²) in [7, 11) is -3.14. The van der Waals surface area contributed by atoms with Crippen molar-refractivity contribution in [3.63, 3.8) is 0 Å². The lowest BCUT2D eigenvalue weighted by Crippen LogP contribution is -2.50. The van der Waals surface area contributed by atoms with Crippen LogP contribution in [0.3, 0.4) is 0 Å². The Labute approximate surface area is 114 Å². The average Bonchev–Trinajstić information content (AvgIpc) is 2.37. The third-order valence-corrected chi connectivity index (χ3v) is 4.42. The van der Waals surface area contributed by atoms with Crippen molar-refractivity contribution < 1.29 is 13.2 Å². The summed E-state index contributed by atoms with van der Waals surface area (Å²) in [5.41, 5.74) is 0. The van der Waals surface area contributed by atoms with E-state index in [0.717, 1.165) is 19.6 Å². The van der Waals surface area contributed by atoms with Crippen LogP contribution in [0.1, 0.15) is 6.92 Å². The van der Waals surface area contributed by atoms with Crippen molar-refractivity contribution in [2.24, 2.45) is 0 Å². The zero-order valence-electron chi connectivity index (χ0n) is 11.3. The number of nitrogens with one attached hydrogen (secondary N) is 1.